The normalized spacial score (nSPS) is 12.7. The molecular weight excluding hydrogens is 240 g/mol. The van der Waals surface area contributed by atoms with Crippen LogP contribution in [0.15, 0.2) is 36.5 Å². The van der Waals surface area contributed by atoms with Gasteiger partial charge in [0.2, 0.25) is 0 Å². The Kier molecular flexibility index (Phi) is 4.22. The molecule has 0 fully saturated rings. The largest absolute Gasteiger partial charge is 0.491 e. The first-order valence-electron chi connectivity index (χ1n) is 6.58. The third-order valence-corrected chi connectivity index (χ3v) is 2.90. The van der Waals surface area contributed by atoms with Gasteiger partial charge in [0.15, 0.2) is 0 Å². The second kappa shape index (κ2) is 5.89. The smallest absolute Gasteiger partial charge is 0.121 e. The van der Waals surface area contributed by atoms with Crippen molar-refractivity contribution in [2.75, 3.05) is 0 Å². The second-order valence-electron chi connectivity index (χ2n) is 4.71. The van der Waals surface area contributed by atoms with Crippen LogP contribution in [0.2, 0.25) is 0 Å². The fraction of sp³-hybridized carbons (Fsp3) is 0.400. The number of rotatable bonds is 5. The minimum atomic E-state index is -0.657. The first kappa shape index (κ1) is 13.6. The van der Waals surface area contributed by atoms with Crippen LogP contribution < -0.4 is 4.74 Å². The van der Waals surface area contributed by atoms with Crippen molar-refractivity contribution in [3.63, 3.8) is 0 Å². The molecule has 4 nitrogen and oxygen atoms in total. The Morgan fingerprint density at radius 3 is 2.47 bits per heavy atom. The molecule has 0 bridgehead atoms. The maximum absolute atomic E-state index is 10.4. The van der Waals surface area contributed by atoms with Crippen molar-refractivity contribution in [2.45, 2.75) is 39.5 Å². The SMILES string of the molecule is CCn1nccc1C(O)c1ccc(OC(C)C)cc1. The highest BCUT2D eigenvalue weighted by molar-refractivity contribution is 5.32. The van der Waals surface area contributed by atoms with Crippen LogP contribution in [0.4, 0.5) is 0 Å². The highest BCUT2D eigenvalue weighted by atomic mass is 16.5. The number of aryl methyl sites for hydroxylation is 1. The van der Waals surface area contributed by atoms with Gasteiger partial charge < -0.3 is 9.84 Å². The van der Waals surface area contributed by atoms with Crippen LogP contribution in [-0.2, 0) is 6.54 Å². The number of benzene rings is 1. The molecule has 0 spiro atoms. The quantitative estimate of drug-likeness (QED) is 0.899. The number of ether oxygens (including phenoxy) is 1. The lowest BCUT2D eigenvalue weighted by Gasteiger charge is -2.14. The minimum absolute atomic E-state index is 0.150. The zero-order valence-corrected chi connectivity index (χ0v) is 11.6. The van der Waals surface area contributed by atoms with E-state index in [1.165, 1.54) is 0 Å². The van der Waals surface area contributed by atoms with E-state index < -0.39 is 6.10 Å². The molecule has 1 unspecified atom stereocenters. The lowest BCUT2D eigenvalue weighted by molar-refractivity contribution is 0.207. The molecule has 1 aromatic carbocycles. The first-order chi connectivity index (χ1) is 9.11. The van der Waals surface area contributed by atoms with E-state index in [1.807, 2.05) is 51.1 Å². The van der Waals surface area contributed by atoms with E-state index >= 15 is 0 Å². The van der Waals surface area contributed by atoms with Crippen LogP contribution in [0.3, 0.4) is 0 Å². The van der Waals surface area contributed by atoms with Crippen LogP contribution in [0, 0.1) is 0 Å². The van der Waals surface area contributed by atoms with Crippen LogP contribution in [0.25, 0.3) is 0 Å². The molecule has 2 aromatic rings. The first-order valence-corrected chi connectivity index (χ1v) is 6.58. The van der Waals surface area contributed by atoms with Crippen LogP contribution in [0.5, 0.6) is 5.75 Å². The zero-order valence-electron chi connectivity index (χ0n) is 11.6. The van der Waals surface area contributed by atoms with Crippen molar-refractivity contribution in [3.05, 3.63) is 47.8 Å². The van der Waals surface area contributed by atoms with Gasteiger partial charge in [-0.1, -0.05) is 12.1 Å². The molecule has 1 atom stereocenters. The van der Waals surface area contributed by atoms with E-state index in [9.17, 15) is 5.11 Å². The molecule has 102 valence electrons. The summed E-state index contributed by atoms with van der Waals surface area (Å²) in [6, 6.07) is 9.37. The van der Waals surface area contributed by atoms with Gasteiger partial charge in [0.1, 0.15) is 11.9 Å². The fourth-order valence-corrected chi connectivity index (χ4v) is 2.01. The maximum atomic E-state index is 10.4. The summed E-state index contributed by atoms with van der Waals surface area (Å²) in [7, 11) is 0. The predicted molar refractivity (Wildman–Crippen MR) is 74.2 cm³/mol. The molecule has 0 saturated carbocycles. The summed E-state index contributed by atoms with van der Waals surface area (Å²) in [4.78, 5) is 0. The Morgan fingerprint density at radius 2 is 1.89 bits per heavy atom. The summed E-state index contributed by atoms with van der Waals surface area (Å²) in [6.07, 6.45) is 1.20. The molecule has 1 aromatic heterocycles. The molecule has 2 rings (SSSR count). The van der Waals surface area contributed by atoms with Gasteiger partial charge in [-0.15, -0.1) is 0 Å². The van der Waals surface area contributed by atoms with Crippen LogP contribution >= 0.6 is 0 Å². The van der Waals surface area contributed by atoms with Crippen molar-refractivity contribution in [2.24, 2.45) is 0 Å². The molecule has 0 saturated heterocycles. The van der Waals surface area contributed by atoms with E-state index in [4.69, 9.17) is 4.74 Å². The van der Waals surface area contributed by atoms with E-state index in [-0.39, 0.29) is 6.10 Å². The number of nitrogens with zero attached hydrogens (tertiary/aromatic N) is 2. The van der Waals surface area contributed by atoms with E-state index in [0.29, 0.717) is 0 Å². The molecular formula is C15H20N2O2. The zero-order chi connectivity index (χ0) is 13.8. The maximum Gasteiger partial charge on any atom is 0.121 e. The van der Waals surface area contributed by atoms with E-state index in [1.54, 1.807) is 10.9 Å². The molecule has 0 aliphatic heterocycles. The van der Waals surface area contributed by atoms with Crippen molar-refractivity contribution >= 4 is 0 Å². The standard InChI is InChI=1S/C15H20N2O2/c1-4-17-14(9-10-16-17)15(18)12-5-7-13(8-6-12)19-11(2)3/h5-11,15,18H,4H2,1-3H3. The number of aliphatic hydroxyl groups is 1. The third-order valence-electron chi connectivity index (χ3n) is 2.90. The third kappa shape index (κ3) is 3.15. The van der Waals surface area contributed by atoms with E-state index in [2.05, 4.69) is 5.10 Å². The molecule has 0 amide bonds. The molecule has 0 aliphatic rings. The van der Waals surface area contributed by atoms with Crippen molar-refractivity contribution in [1.29, 1.82) is 0 Å². The van der Waals surface area contributed by atoms with Gasteiger partial charge in [-0.05, 0) is 44.5 Å². The average Bonchev–Trinajstić information content (AvgIpc) is 2.86. The molecule has 1 heterocycles. The molecule has 0 aliphatic carbocycles. The van der Waals surface area contributed by atoms with Gasteiger partial charge in [-0.25, -0.2) is 0 Å². The van der Waals surface area contributed by atoms with Gasteiger partial charge in [-0.3, -0.25) is 4.68 Å². The summed E-state index contributed by atoms with van der Waals surface area (Å²) >= 11 is 0. The Hall–Kier alpha value is -1.81. The van der Waals surface area contributed by atoms with Crippen LogP contribution in [0.1, 0.15) is 38.1 Å². The highest BCUT2D eigenvalue weighted by Gasteiger charge is 2.14. The van der Waals surface area contributed by atoms with Crippen LogP contribution in [-0.4, -0.2) is 21.0 Å². The number of hydrogen-bond acceptors (Lipinski definition) is 3. The summed E-state index contributed by atoms with van der Waals surface area (Å²) in [5.41, 5.74) is 1.64. The van der Waals surface area contributed by atoms with Crippen molar-refractivity contribution in [1.82, 2.24) is 9.78 Å². The number of hydrogen-bond donors (Lipinski definition) is 1. The molecule has 0 radical (unpaired) electrons. The highest BCUT2D eigenvalue weighted by Crippen LogP contribution is 2.24. The second-order valence-corrected chi connectivity index (χ2v) is 4.71. The number of aliphatic hydroxyl groups excluding tert-OH is 1. The van der Waals surface area contributed by atoms with Gasteiger partial charge in [-0.2, -0.15) is 5.10 Å². The lowest BCUT2D eigenvalue weighted by atomic mass is 10.1. The Balaban J connectivity index is 2.18. The van der Waals surface area contributed by atoms with Crippen molar-refractivity contribution < 1.29 is 9.84 Å². The predicted octanol–water partition coefficient (Wildman–Crippen LogP) is 2.77. The van der Waals surface area contributed by atoms with Gasteiger partial charge in [0, 0.05) is 12.7 Å². The van der Waals surface area contributed by atoms with E-state index in [0.717, 1.165) is 23.6 Å². The van der Waals surface area contributed by atoms with Gasteiger partial charge in [0.05, 0.1) is 11.8 Å². The minimum Gasteiger partial charge on any atom is -0.491 e. The lowest BCUT2D eigenvalue weighted by Crippen LogP contribution is -2.09. The van der Waals surface area contributed by atoms with Gasteiger partial charge in [0.25, 0.3) is 0 Å². The Labute approximate surface area is 113 Å². The molecule has 19 heavy (non-hydrogen) atoms. The monoisotopic (exact) mass is 260 g/mol. The summed E-state index contributed by atoms with van der Waals surface area (Å²) < 4.78 is 7.38. The summed E-state index contributed by atoms with van der Waals surface area (Å²) in [6.45, 7) is 6.72. The summed E-state index contributed by atoms with van der Waals surface area (Å²) in [5, 5.41) is 14.5. The Morgan fingerprint density at radius 1 is 1.21 bits per heavy atom. The topological polar surface area (TPSA) is 47.3 Å². The molecule has 1 N–H and O–H groups in total. The number of aromatic nitrogens is 2. The molecule has 4 heteroatoms. The van der Waals surface area contributed by atoms with Crippen molar-refractivity contribution in [3.8, 4) is 5.75 Å². The van der Waals surface area contributed by atoms with Gasteiger partial charge >= 0.3 is 0 Å². The Bertz CT molecular complexity index is 517. The average molecular weight is 260 g/mol. The summed E-state index contributed by atoms with van der Waals surface area (Å²) in [5.74, 6) is 0.815. The fourth-order valence-electron chi connectivity index (χ4n) is 2.01.